The lowest BCUT2D eigenvalue weighted by Crippen LogP contribution is -2.45. The number of aromatic nitrogens is 2. The van der Waals surface area contributed by atoms with Crippen LogP contribution in [0.5, 0.6) is 0 Å². The van der Waals surface area contributed by atoms with Gasteiger partial charge in [0.25, 0.3) is 0 Å². The summed E-state index contributed by atoms with van der Waals surface area (Å²) in [5.41, 5.74) is 0. The molecule has 1 N–H and O–H groups in total. The molecule has 1 amide bonds. The Morgan fingerprint density at radius 1 is 1.40 bits per heavy atom. The number of rotatable bonds is 5. The number of carbonyl (C=O) groups excluding carboxylic acids is 1. The van der Waals surface area contributed by atoms with Gasteiger partial charge in [-0.1, -0.05) is 5.16 Å². The van der Waals surface area contributed by atoms with Gasteiger partial charge in [-0.25, -0.2) is 12.8 Å². The summed E-state index contributed by atoms with van der Waals surface area (Å²) in [4.78, 5) is 16.3. The van der Waals surface area contributed by atoms with E-state index in [0.717, 1.165) is 16.4 Å². The van der Waals surface area contributed by atoms with Crippen LogP contribution < -0.4 is 5.32 Å². The molecular formula is C15H17FN4O4S. The van der Waals surface area contributed by atoms with Crippen molar-refractivity contribution in [3.05, 3.63) is 41.8 Å². The Morgan fingerprint density at radius 2 is 2.12 bits per heavy atom. The van der Waals surface area contributed by atoms with Crippen LogP contribution in [0.25, 0.3) is 0 Å². The number of nitrogens with zero attached hydrogens (tertiary/aromatic N) is 3. The Labute approximate surface area is 144 Å². The van der Waals surface area contributed by atoms with Crippen molar-refractivity contribution < 1.29 is 22.1 Å². The quantitative estimate of drug-likeness (QED) is 0.844. The van der Waals surface area contributed by atoms with Gasteiger partial charge < -0.3 is 9.84 Å². The van der Waals surface area contributed by atoms with E-state index < -0.39 is 27.8 Å². The number of nitrogens with one attached hydrogen (secondary N) is 1. The number of hydrogen-bond donors (Lipinski definition) is 1. The summed E-state index contributed by atoms with van der Waals surface area (Å²) < 4.78 is 44.4. The monoisotopic (exact) mass is 368 g/mol. The van der Waals surface area contributed by atoms with Crippen LogP contribution in [-0.4, -0.2) is 41.4 Å². The van der Waals surface area contributed by atoms with Crippen molar-refractivity contribution >= 4 is 15.9 Å². The van der Waals surface area contributed by atoms with Gasteiger partial charge in [0.15, 0.2) is 5.82 Å². The molecule has 0 spiro atoms. The molecule has 1 saturated heterocycles. The van der Waals surface area contributed by atoms with E-state index in [1.165, 1.54) is 12.1 Å². The van der Waals surface area contributed by atoms with Gasteiger partial charge in [-0.2, -0.15) is 9.29 Å². The molecule has 0 unspecified atom stereocenters. The van der Waals surface area contributed by atoms with Crippen molar-refractivity contribution in [2.24, 2.45) is 0 Å². The molecule has 3 rings (SSSR count). The largest absolute Gasteiger partial charge is 0.347 e. The first-order chi connectivity index (χ1) is 11.9. The Morgan fingerprint density at radius 3 is 2.76 bits per heavy atom. The number of amides is 1. The van der Waals surface area contributed by atoms with E-state index in [2.05, 4.69) is 15.5 Å². The zero-order valence-corrected chi connectivity index (χ0v) is 14.3. The maximum absolute atomic E-state index is 13.0. The molecule has 0 aliphatic carbocycles. The van der Waals surface area contributed by atoms with Crippen LogP contribution in [0.15, 0.2) is 33.7 Å². The highest BCUT2D eigenvalue weighted by Crippen LogP contribution is 2.26. The molecule has 0 saturated carbocycles. The summed E-state index contributed by atoms with van der Waals surface area (Å²) in [5, 5.41) is 6.30. The maximum atomic E-state index is 13.0. The molecule has 2 aromatic rings. The smallest absolute Gasteiger partial charge is 0.243 e. The normalized spacial score (nSPS) is 18.4. The van der Waals surface area contributed by atoms with Crippen LogP contribution in [0.3, 0.4) is 0 Å². The van der Waals surface area contributed by atoms with Crippen molar-refractivity contribution in [2.45, 2.75) is 37.2 Å². The van der Waals surface area contributed by atoms with Gasteiger partial charge in [0.2, 0.25) is 21.8 Å². The molecule has 1 aromatic heterocycles. The molecule has 8 nitrogen and oxygen atoms in total. The third-order valence-electron chi connectivity index (χ3n) is 3.92. The van der Waals surface area contributed by atoms with E-state index in [4.69, 9.17) is 4.52 Å². The highest BCUT2D eigenvalue weighted by molar-refractivity contribution is 7.89. The zero-order chi connectivity index (χ0) is 18.0. The fourth-order valence-corrected chi connectivity index (χ4v) is 4.39. The number of hydrogen-bond acceptors (Lipinski definition) is 6. The van der Waals surface area contributed by atoms with Crippen LogP contribution in [0.1, 0.15) is 24.6 Å². The standard InChI is InChI=1S/C15H17FN4O4S/c1-10-18-14(19-24-10)9-17-15(21)13-3-2-8-20(13)25(22,23)12-6-4-11(16)5-7-12/h4-7,13H,2-3,8-9H2,1H3,(H,17,21)/t13-/m0/s1. The van der Waals surface area contributed by atoms with Crippen molar-refractivity contribution in [1.82, 2.24) is 19.8 Å². The fourth-order valence-electron chi connectivity index (χ4n) is 2.73. The average Bonchev–Trinajstić information content (AvgIpc) is 3.22. The first-order valence-corrected chi connectivity index (χ1v) is 9.16. The average molecular weight is 368 g/mol. The molecular weight excluding hydrogens is 351 g/mol. The summed E-state index contributed by atoms with van der Waals surface area (Å²) in [6.45, 7) is 1.92. The minimum atomic E-state index is -3.87. The first-order valence-electron chi connectivity index (χ1n) is 7.72. The van der Waals surface area contributed by atoms with E-state index in [-0.39, 0.29) is 18.0 Å². The topological polar surface area (TPSA) is 105 Å². The second-order valence-electron chi connectivity index (χ2n) is 5.68. The van der Waals surface area contributed by atoms with Gasteiger partial charge in [0.05, 0.1) is 11.4 Å². The molecule has 10 heteroatoms. The minimum absolute atomic E-state index is 0.0395. The molecule has 25 heavy (non-hydrogen) atoms. The number of benzene rings is 1. The van der Waals surface area contributed by atoms with Crippen LogP contribution >= 0.6 is 0 Å². The predicted molar refractivity (Wildman–Crippen MR) is 84.2 cm³/mol. The van der Waals surface area contributed by atoms with Gasteiger partial charge >= 0.3 is 0 Å². The molecule has 1 aliphatic heterocycles. The van der Waals surface area contributed by atoms with Gasteiger partial charge in [-0.15, -0.1) is 0 Å². The summed E-state index contributed by atoms with van der Waals surface area (Å²) in [6, 6.07) is 3.73. The summed E-state index contributed by atoms with van der Waals surface area (Å²) in [5.74, 6) is -0.252. The third kappa shape index (κ3) is 3.69. The molecule has 1 fully saturated rings. The Kier molecular flexibility index (Phi) is 4.82. The highest BCUT2D eigenvalue weighted by Gasteiger charge is 2.39. The molecule has 1 atom stereocenters. The zero-order valence-electron chi connectivity index (χ0n) is 13.5. The second-order valence-corrected chi connectivity index (χ2v) is 7.57. The van der Waals surface area contributed by atoms with E-state index in [0.29, 0.717) is 24.6 Å². The summed E-state index contributed by atoms with van der Waals surface area (Å²) in [6.07, 6.45) is 0.983. The lowest BCUT2D eigenvalue weighted by Gasteiger charge is -2.23. The summed E-state index contributed by atoms with van der Waals surface area (Å²) in [7, 11) is -3.87. The van der Waals surface area contributed by atoms with E-state index in [1.54, 1.807) is 6.92 Å². The SMILES string of the molecule is Cc1nc(CNC(=O)[C@@H]2CCCN2S(=O)(=O)c2ccc(F)cc2)no1. The van der Waals surface area contributed by atoms with Crippen molar-refractivity contribution in [1.29, 1.82) is 0 Å². The highest BCUT2D eigenvalue weighted by atomic mass is 32.2. The van der Waals surface area contributed by atoms with Crippen LogP contribution in [0.4, 0.5) is 4.39 Å². The molecule has 1 aliphatic rings. The van der Waals surface area contributed by atoms with Crippen molar-refractivity contribution in [3.8, 4) is 0 Å². The second kappa shape index (κ2) is 6.89. The Hall–Kier alpha value is -2.33. The first kappa shape index (κ1) is 17.5. The van der Waals surface area contributed by atoms with Crippen LogP contribution in [-0.2, 0) is 21.4 Å². The van der Waals surface area contributed by atoms with Crippen molar-refractivity contribution in [3.63, 3.8) is 0 Å². The molecule has 134 valence electrons. The lowest BCUT2D eigenvalue weighted by molar-refractivity contribution is -0.124. The molecule has 0 radical (unpaired) electrons. The van der Waals surface area contributed by atoms with E-state index in [9.17, 15) is 17.6 Å². The Bertz CT molecular complexity index is 866. The van der Waals surface area contributed by atoms with Gasteiger partial charge in [-0.05, 0) is 37.1 Å². The van der Waals surface area contributed by atoms with Crippen LogP contribution in [0.2, 0.25) is 0 Å². The minimum Gasteiger partial charge on any atom is -0.347 e. The van der Waals surface area contributed by atoms with E-state index >= 15 is 0 Å². The van der Waals surface area contributed by atoms with Gasteiger partial charge in [0.1, 0.15) is 11.9 Å². The molecule has 0 bridgehead atoms. The predicted octanol–water partition coefficient (Wildman–Crippen LogP) is 0.987. The lowest BCUT2D eigenvalue weighted by atomic mass is 10.2. The summed E-state index contributed by atoms with van der Waals surface area (Å²) >= 11 is 0. The molecule has 2 heterocycles. The van der Waals surface area contributed by atoms with Crippen LogP contribution in [0, 0.1) is 12.7 Å². The number of carbonyl (C=O) groups is 1. The molecule has 1 aromatic carbocycles. The number of sulfonamides is 1. The van der Waals surface area contributed by atoms with E-state index in [1.807, 2.05) is 0 Å². The van der Waals surface area contributed by atoms with Crippen molar-refractivity contribution in [2.75, 3.05) is 6.54 Å². The fraction of sp³-hybridized carbons (Fsp3) is 0.400. The van der Waals surface area contributed by atoms with Gasteiger partial charge in [0, 0.05) is 13.5 Å². The third-order valence-corrected chi connectivity index (χ3v) is 5.84. The number of aryl methyl sites for hydroxylation is 1. The Balaban J connectivity index is 1.72. The van der Waals surface area contributed by atoms with Gasteiger partial charge in [-0.3, -0.25) is 4.79 Å². The maximum Gasteiger partial charge on any atom is 0.243 e. The number of halogens is 1.